The maximum Gasteiger partial charge on any atom is 0.316 e. The van der Waals surface area contributed by atoms with Crippen molar-refractivity contribution in [1.82, 2.24) is 9.55 Å². The minimum atomic E-state index is -1.25. The van der Waals surface area contributed by atoms with Gasteiger partial charge < -0.3 is 19.4 Å². The van der Waals surface area contributed by atoms with E-state index in [1.165, 1.54) is 12.1 Å². The minimum absolute atomic E-state index is 0.112. The average molecular weight is 474 g/mol. The Hall–Kier alpha value is -2.78. The third kappa shape index (κ3) is 6.85. The van der Waals surface area contributed by atoms with Gasteiger partial charge in [0.2, 0.25) is 5.91 Å². The summed E-state index contributed by atoms with van der Waals surface area (Å²) in [7, 11) is -1.25. The SMILES string of the molecule is CCOC(=O)C1C/C=C/CC(=O)Nc2cc(F)ccc2-c2cn(COCC[Si](C)(C)C)c1n2. The van der Waals surface area contributed by atoms with E-state index in [4.69, 9.17) is 14.5 Å². The van der Waals surface area contributed by atoms with Crippen LogP contribution in [0, 0.1) is 5.82 Å². The summed E-state index contributed by atoms with van der Waals surface area (Å²) in [6.45, 7) is 9.71. The number of halogens is 1. The molecule has 1 N–H and O–H groups in total. The van der Waals surface area contributed by atoms with Crippen LogP contribution < -0.4 is 5.32 Å². The number of imidazole rings is 1. The van der Waals surface area contributed by atoms with Crippen LogP contribution in [0.3, 0.4) is 0 Å². The second-order valence-electron chi connectivity index (χ2n) is 9.26. The van der Waals surface area contributed by atoms with E-state index in [1.54, 1.807) is 31.3 Å². The standard InChI is InChI=1S/C24H32FN3O4Si/c1-5-32-24(30)19-8-6-7-9-22(29)26-20-14-17(25)10-11-18(20)21-15-28(23(19)27-21)16-31-12-13-33(2,3)4/h6-7,10-11,14-15,19H,5,8-9,12-13,16H2,1-4H3,(H,26,29)/b7-6+. The number of amides is 1. The largest absolute Gasteiger partial charge is 0.465 e. The van der Waals surface area contributed by atoms with Crippen molar-refractivity contribution in [1.29, 1.82) is 0 Å². The average Bonchev–Trinajstić information content (AvgIpc) is 3.13. The highest BCUT2D eigenvalue weighted by Gasteiger charge is 2.28. The topological polar surface area (TPSA) is 82.5 Å². The van der Waals surface area contributed by atoms with Gasteiger partial charge in [0, 0.05) is 32.9 Å². The zero-order chi connectivity index (χ0) is 24.0. The van der Waals surface area contributed by atoms with Crippen LogP contribution in [-0.2, 0) is 25.8 Å². The zero-order valence-corrected chi connectivity index (χ0v) is 20.7. The Balaban J connectivity index is 2.04. The van der Waals surface area contributed by atoms with E-state index in [0.717, 1.165) is 6.04 Å². The normalized spacial score (nSPS) is 17.4. The van der Waals surface area contributed by atoms with Crippen molar-refractivity contribution in [2.45, 2.75) is 58.1 Å². The molecule has 1 aromatic heterocycles. The number of ether oxygens (including phenoxy) is 2. The van der Waals surface area contributed by atoms with Crippen LogP contribution in [0.5, 0.6) is 0 Å². The molecule has 0 fully saturated rings. The summed E-state index contributed by atoms with van der Waals surface area (Å²) in [5, 5.41) is 2.76. The molecule has 0 aliphatic carbocycles. The lowest BCUT2D eigenvalue weighted by Gasteiger charge is -2.18. The fraction of sp³-hybridized carbons (Fsp3) is 0.458. The number of hydrogen-bond acceptors (Lipinski definition) is 5. The number of nitrogens with one attached hydrogen (secondary N) is 1. The highest BCUT2D eigenvalue weighted by atomic mass is 28.3. The van der Waals surface area contributed by atoms with Crippen LogP contribution in [0.15, 0.2) is 36.5 Å². The van der Waals surface area contributed by atoms with E-state index < -0.39 is 19.8 Å². The van der Waals surface area contributed by atoms with Crippen LogP contribution in [-0.4, -0.2) is 42.7 Å². The van der Waals surface area contributed by atoms with Crippen LogP contribution in [0.1, 0.15) is 31.5 Å². The van der Waals surface area contributed by atoms with Gasteiger partial charge in [0.05, 0.1) is 18.0 Å². The summed E-state index contributed by atoms with van der Waals surface area (Å²) < 4.78 is 27.0. The van der Waals surface area contributed by atoms with Crippen LogP contribution in [0.2, 0.25) is 25.7 Å². The summed E-state index contributed by atoms with van der Waals surface area (Å²) in [5.41, 5.74) is 1.42. The number of esters is 1. The number of anilines is 1. The Morgan fingerprint density at radius 2 is 2.09 bits per heavy atom. The summed E-state index contributed by atoms with van der Waals surface area (Å²) in [5.74, 6) is -1.26. The molecule has 1 atom stereocenters. The molecular weight excluding hydrogens is 441 g/mol. The third-order valence-electron chi connectivity index (χ3n) is 5.29. The van der Waals surface area contributed by atoms with Gasteiger partial charge in [-0.3, -0.25) is 9.59 Å². The number of carbonyl (C=O) groups excluding carboxylic acids is 2. The Kier molecular flexibility index (Phi) is 8.20. The fourth-order valence-corrected chi connectivity index (χ4v) is 4.26. The van der Waals surface area contributed by atoms with Crippen LogP contribution >= 0.6 is 0 Å². The van der Waals surface area contributed by atoms with Crippen molar-refractivity contribution in [3.05, 3.63) is 48.2 Å². The summed E-state index contributed by atoms with van der Waals surface area (Å²) in [4.78, 5) is 29.9. The molecule has 2 heterocycles. The van der Waals surface area contributed by atoms with E-state index in [2.05, 4.69) is 25.0 Å². The first kappa shape index (κ1) is 24.9. The molecule has 0 spiro atoms. The molecule has 0 saturated carbocycles. The lowest BCUT2D eigenvalue weighted by molar-refractivity contribution is -0.145. The number of carbonyl (C=O) groups is 2. The second-order valence-corrected chi connectivity index (χ2v) is 14.9. The van der Waals surface area contributed by atoms with Gasteiger partial charge >= 0.3 is 5.97 Å². The molecule has 7 nitrogen and oxygen atoms in total. The lowest BCUT2D eigenvalue weighted by atomic mass is 10.0. The number of fused-ring (bicyclic) bond motifs is 4. The summed E-state index contributed by atoms with van der Waals surface area (Å²) in [6, 6.07) is 5.19. The van der Waals surface area contributed by atoms with Gasteiger partial charge in [0.15, 0.2) is 0 Å². The molecule has 2 bridgehead atoms. The van der Waals surface area contributed by atoms with Gasteiger partial charge in [0.25, 0.3) is 0 Å². The van der Waals surface area contributed by atoms with E-state index in [1.807, 2.05) is 4.57 Å². The Morgan fingerprint density at radius 3 is 2.82 bits per heavy atom. The van der Waals surface area contributed by atoms with Crippen molar-refractivity contribution in [2.75, 3.05) is 18.5 Å². The maximum atomic E-state index is 13.9. The first-order chi connectivity index (χ1) is 15.7. The predicted molar refractivity (Wildman–Crippen MR) is 128 cm³/mol. The molecule has 1 aromatic carbocycles. The second kappa shape index (κ2) is 10.9. The molecule has 0 radical (unpaired) electrons. The first-order valence-corrected chi connectivity index (χ1v) is 14.9. The Bertz CT molecular complexity index is 1030. The van der Waals surface area contributed by atoms with E-state index >= 15 is 0 Å². The number of aromatic nitrogens is 2. The summed E-state index contributed by atoms with van der Waals surface area (Å²) >= 11 is 0. The van der Waals surface area contributed by atoms with Gasteiger partial charge in [-0.05, 0) is 37.6 Å². The molecule has 1 aliphatic rings. The van der Waals surface area contributed by atoms with Crippen molar-refractivity contribution in [3.63, 3.8) is 0 Å². The van der Waals surface area contributed by atoms with Crippen molar-refractivity contribution >= 4 is 25.6 Å². The van der Waals surface area contributed by atoms with Crippen molar-refractivity contribution < 1.29 is 23.5 Å². The summed E-state index contributed by atoms with van der Waals surface area (Å²) in [6.07, 6.45) is 5.70. The van der Waals surface area contributed by atoms with Crippen LogP contribution in [0.4, 0.5) is 10.1 Å². The number of rotatable bonds is 7. The molecule has 1 unspecified atom stereocenters. The molecule has 178 valence electrons. The minimum Gasteiger partial charge on any atom is -0.465 e. The highest BCUT2D eigenvalue weighted by molar-refractivity contribution is 6.76. The number of hydrogen-bond donors (Lipinski definition) is 1. The van der Waals surface area contributed by atoms with E-state index in [9.17, 15) is 14.0 Å². The smallest absolute Gasteiger partial charge is 0.316 e. The van der Waals surface area contributed by atoms with Gasteiger partial charge in [-0.15, -0.1) is 0 Å². The number of benzene rings is 1. The Labute approximate surface area is 195 Å². The van der Waals surface area contributed by atoms with Gasteiger partial charge in [0.1, 0.15) is 24.3 Å². The predicted octanol–water partition coefficient (Wildman–Crippen LogP) is 4.94. The Morgan fingerprint density at radius 1 is 1.30 bits per heavy atom. The molecule has 33 heavy (non-hydrogen) atoms. The maximum absolute atomic E-state index is 13.9. The highest BCUT2D eigenvalue weighted by Crippen LogP contribution is 2.32. The molecule has 3 rings (SSSR count). The quantitative estimate of drug-likeness (QED) is 0.267. The zero-order valence-electron chi connectivity index (χ0n) is 19.7. The van der Waals surface area contributed by atoms with E-state index in [-0.39, 0.29) is 31.6 Å². The molecule has 1 aliphatic heterocycles. The number of allylic oxidation sites excluding steroid dienone is 1. The van der Waals surface area contributed by atoms with E-state index in [0.29, 0.717) is 35.8 Å². The monoisotopic (exact) mass is 473 g/mol. The molecule has 9 heteroatoms. The van der Waals surface area contributed by atoms with Gasteiger partial charge in [-0.25, -0.2) is 9.37 Å². The van der Waals surface area contributed by atoms with Crippen LogP contribution in [0.25, 0.3) is 11.3 Å². The lowest BCUT2D eigenvalue weighted by Crippen LogP contribution is -2.23. The first-order valence-electron chi connectivity index (χ1n) is 11.2. The van der Waals surface area contributed by atoms with Crippen molar-refractivity contribution in [3.8, 4) is 11.3 Å². The van der Waals surface area contributed by atoms with Gasteiger partial charge in [-0.2, -0.15) is 0 Å². The third-order valence-corrected chi connectivity index (χ3v) is 6.99. The molecule has 0 saturated heterocycles. The van der Waals surface area contributed by atoms with Gasteiger partial charge in [-0.1, -0.05) is 31.8 Å². The van der Waals surface area contributed by atoms with Crippen molar-refractivity contribution in [2.24, 2.45) is 0 Å². The molecular formula is C24H32FN3O4Si. The molecule has 1 amide bonds. The number of nitrogens with zero attached hydrogens (tertiary/aromatic N) is 2. The molecule has 2 aromatic rings. The fourth-order valence-electron chi connectivity index (χ4n) is 3.50.